The van der Waals surface area contributed by atoms with Crippen molar-refractivity contribution in [2.24, 2.45) is 5.73 Å². The van der Waals surface area contributed by atoms with E-state index in [9.17, 15) is 18.8 Å². The predicted octanol–water partition coefficient (Wildman–Crippen LogP) is 1.86. The van der Waals surface area contributed by atoms with Crippen LogP contribution in [0.1, 0.15) is 27.0 Å². The lowest BCUT2D eigenvalue weighted by Crippen LogP contribution is -2.50. The monoisotopic (exact) mass is 517 g/mol. The molecule has 38 heavy (non-hydrogen) atoms. The third-order valence-corrected chi connectivity index (χ3v) is 5.45. The molecular formula is C28H28FN5O4. The van der Waals surface area contributed by atoms with E-state index < -0.39 is 17.9 Å². The van der Waals surface area contributed by atoms with Crippen LogP contribution in [0.5, 0.6) is 0 Å². The number of halogens is 1. The molecule has 0 saturated carbocycles. The van der Waals surface area contributed by atoms with Crippen LogP contribution in [-0.2, 0) is 16.1 Å². The summed E-state index contributed by atoms with van der Waals surface area (Å²) in [6.07, 6.45) is 0. The van der Waals surface area contributed by atoms with Crippen molar-refractivity contribution >= 4 is 23.4 Å². The minimum absolute atomic E-state index is 0.103. The molecule has 0 bridgehead atoms. The van der Waals surface area contributed by atoms with Gasteiger partial charge in [0.2, 0.25) is 5.91 Å². The first-order chi connectivity index (χ1) is 18.3. The third kappa shape index (κ3) is 8.25. The molecule has 0 aliphatic carbocycles. The number of nitrogens with zero attached hydrogens (tertiary/aromatic N) is 1. The maximum atomic E-state index is 13.8. The van der Waals surface area contributed by atoms with E-state index in [-0.39, 0.29) is 24.8 Å². The Bertz CT molecular complexity index is 1330. The summed E-state index contributed by atoms with van der Waals surface area (Å²) in [6.45, 7) is 0.247. The Morgan fingerprint density at radius 1 is 0.974 bits per heavy atom. The van der Waals surface area contributed by atoms with Gasteiger partial charge in [0.15, 0.2) is 0 Å². The van der Waals surface area contributed by atoms with E-state index in [1.807, 2.05) is 0 Å². The van der Waals surface area contributed by atoms with Crippen LogP contribution >= 0.6 is 0 Å². The Balaban J connectivity index is 1.52. The van der Waals surface area contributed by atoms with Crippen molar-refractivity contribution in [3.8, 4) is 11.8 Å². The molecule has 1 atom stereocenters. The first-order valence-corrected chi connectivity index (χ1v) is 11.7. The lowest BCUT2D eigenvalue weighted by molar-refractivity contribution is -0.130. The Hall–Kier alpha value is -4.56. The summed E-state index contributed by atoms with van der Waals surface area (Å²) in [5.41, 5.74) is 9.73. The molecule has 6 N–H and O–H groups in total. The number of nitrogens with two attached hydrogens (primary N) is 1. The van der Waals surface area contributed by atoms with Gasteiger partial charge in [0.05, 0.1) is 6.54 Å². The standard InChI is InChI=1S/C28H28FN5O4/c1-34(17-22-4-2-3-5-24(22)29)18-26(35)31-23-14-10-20(11-15-23)7-6-19-8-12-21(13-9-19)27(36)32-25(16-30)28(37)33-38/h2-5,8-15,25,38H,16-18,30H2,1H3,(H,31,35)(H,32,36)(H,33,37)/t25-/m0/s1. The SMILES string of the molecule is CN(CC(=O)Nc1ccc(C#Cc2ccc(C(=O)N[C@@H](CN)C(=O)NO)cc2)cc1)Cc1ccccc1F. The zero-order valence-electron chi connectivity index (χ0n) is 20.7. The molecule has 0 aliphatic heterocycles. The van der Waals surface area contributed by atoms with Crippen LogP contribution in [0.3, 0.4) is 0 Å². The van der Waals surface area contributed by atoms with Crippen LogP contribution in [0.4, 0.5) is 10.1 Å². The van der Waals surface area contributed by atoms with Gasteiger partial charge in [-0.25, -0.2) is 9.87 Å². The maximum absolute atomic E-state index is 13.8. The van der Waals surface area contributed by atoms with E-state index in [0.717, 1.165) is 5.56 Å². The number of hydroxylamine groups is 1. The van der Waals surface area contributed by atoms with Crippen molar-refractivity contribution in [3.63, 3.8) is 0 Å². The number of amides is 3. The number of rotatable bonds is 9. The van der Waals surface area contributed by atoms with Crippen molar-refractivity contribution < 1.29 is 24.0 Å². The minimum Gasteiger partial charge on any atom is -0.339 e. The average molecular weight is 518 g/mol. The Kier molecular flexibility index (Phi) is 10.1. The van der Waals surface area contributed by atoms with E-state index in [2.05, 4.69) is 22.5 Å². The van der Waals surface area contributed by atoms with Gasteiger partial charge < -0.3 is 16.4 Å². The van der Waals surface area contributed by atoms with Crippen molar-refractivity contribution in [3.05, 3.63) is 101 Å². The van der Waals surface area contributed by atoms with Crippen molar-refractivity contribution in [2.75, 3.05) is 25.5 Å². The first-order valence-electron chi connectivity index (χ1n) is 11.7. The van der Waals surface area contributed by atoms with Crippen molar-refractivity contribution in [2.45, 2.75) is 12.6 Å². The first kappa shape index (κ1) is 28.0. The van der Waals surface area contributed by atoms with Crippen molar-refractivity contribution in [1.29, 1.82) is 0 Å². The number of carbonyl (C=O) groups is 3. The van der Waals surface area contributed by atoms with Crippen LogP contribution < -0.4 is 21.8 Å². The van der Waals surface area contributed by atoms with Gasteiger partial charge in [-0.1, -0.05) is 30.0 Å². The largest absolute Gasteiger partial charge is 0.339 e. The molecule has 0 fully saturated rings. The third-order valence-electron chi connectivity index (χ3n) is 5.45. The fourth-order valence-corrected chi connectivity index (χ4v) is 3.46. The van der Waals surface area contributed by atoms with Gasteiger partial charge >= 0.3 is 0 Å². The molecule has 0 heterocycles. The van der Waals surface area contributed by atoms with E-state index in [0.29, 0.717) is 28.9 Å². The van der Waals surface area contributed by atoms with E-state index in [1.165, 1.54) is 11.5 Å². The van der Waals surface area contributed by atoms with Crippen LogP contribution in [0.15, 0.2) is 72.8 Å². The molecule has 3 aromatic rings. The zero-order valence-corrected chi connectivity index (χ0v) is 20.7. The second kappa shape index (κ2) is 13.7. The highest BCUT2D eigenvalue weighted by Gasteiger charge is 2.19. The van der Waals surface area contributed by atoms with E-state index >= 15 is 0 Å². The van der Waals surface area contributed by atoms with E-state index in [4.69, 9.17) is 10.9 Å². The average Bonchev–Trinajstić information content (AvgIpc) is 2.92. The van der Waals surface area contributed by atoms with Crippen LogP contribution in [0.2, 0.25) is 0 Å². The Labute approximate surface area is 219 Å². The highest BCUT2D eigenvalue weighted by Crippen LogP contribution is 2.11. The Morgan fingerprint density at radius 3 is 2.16 bits per heavy atom. The molecule has 3 amide bonds. The molecule has 196 valence electrons. The summed E-state index contributed by atoms with van der Waals surface area (Å²) in [5, 5.41) is 13.9. The molecule has 10 heteroatoms. The number of benzene rings is 3. The molecule has 0 unspecified atom stereocenters. The van der Waals surface area contributed by atoms with Gasteiger partial charge in [-0.3, -0.25) is 24.5 Å². The van der Waals surface area contributed by atoms with Crippen LogP contribution in [-0.4, -0.2) is 54.0 Å². The summed E-state index contributed by atoms with van der Waals surface area (Å²) in [5.74, 6) is 4.17. The maximum Gasteiger partial charge on any atom is 0.267 e. The number of likely N-dealkylation sites (N-methyl/N-ethyl adjacent to an activating group) is 1. The number of anilines is 1. The molecular weight excluding hydrogens is 489 g/mol. The lowest BCUT2D eigenvalue weighted by atomic mass is 10.1. The fourth-order valence-electron chi connectivity index (χ4n) is 3.46. The second-order valence-corrected chi connectivity index (χ2v) is 8.45. The zero-order chi connectivity index (χ0) is 27.5. The molecule has 3 rings (SSSR count). The summed E-state index contributed by atoms with van der Waals surface area (Å²) in [6, 6.07) is 18.9. The number of carbonyl (C=O) groups excluding carboxylic acids is 3. The molecule has 0 spiro atoms. The quantitative estimate of drug-likeness (QED) is 0.167. The number of hydrogen-bond donors (Lipinski definition) is 5. The second-order valence-electron chi connectivity index (χ2n) is 8.45. The number of hydrogen-bond acceptors (Lipinski definition) is 6. The minimum atomic E-state index is -1.06. The van der Waals surface area contributed by atoms with E-state index in [1.54, 1.807) is 78.7 Å². The fraction of sp³-hybridized carbons (Fsp3) is 0.179. The molecule has 0 radical (unpaired) electrons. The Morgan fingerprint density at radius 2 is 1.58 bits per heavy atom. The predicted molar refractivity (Wildman–Crippen MR) is 140 cm³/mol. The molecule has 0 aliphatic rings. The van der Waals surface area contributed by atoms with Gasteiger partial charge in [-0.15, -0.1) is 0 Å². The smallest absolute Gasteiger partial charge is 0.267 e. The van der Waals surface area contributed by atoms with Gasteiger partial charge in [-0.2, -0.15) is 0 Å². The highest BCUT2D eigenvalue weighted by atomic mass is 19.1. The van der Waals surface area contributed by atoms with Crippen LogP contribution in [0.25, 0.3) is 0 Å². The number of nitrogens with one attached hydrogen (secondary N) is 3. The van der Waals surface area contributed by atoms with Crippen LogP contribution in [0, 0.1) is 17.7 Å². The topological polar surface area (TPSA) is 137 Å². The molecule has 0 aromatic heterocycles. The summed E-state index contributed by atoms with van der Waals surface area (Å²) in [7, 11) is 1.75. The molecule has 0 saturated heterocycles. The van der Waals surface area contributed by atoms with Gasteiger partial charge in [0.1, 0.15) is 11.9 Å². The van der Waals surface area contributed by atoms with Crippen molar-refractivity contribution in [1.82, 2.24) is 15.7 Å². The summed E-state index contributed by atoms with van der Waals surface area (Å²) in [4.78, 5) is 37.8. The summed E-state index contributed by atoms with van der Waals surface area (Å²) >= 11 is 0. The van der Waals surface area contributed by atoms with Gasteiger partial charge in [0, 0.05) is 41.0 Å². The van der Waals surface area contributed by atoms with Gasteiger partial charge in [-0.05, 0) is 61.6 Å². The molecule has 9 nitrogen and oxygen atoms in total. The van der Waals surface area contributed by atoms with Gasteiger partial charge in [0.25, 0.3) is 11.8 Å². The normalized spacial score (nSPS) is 11.2. The summed E-state index contributed by atoms with van der Waals surface area (Å²) < 4.78 is 13.8. The molecule has 3 aromatic carbocycles. The lowest BCUT2D eigenvalue weighted by Gasteiger charge is -2.16. The highest BCUT2D eigenvalue weighted by molar-refractivity contribution is 5.97.